The van der Waals surface area contributed by atoms with Crippen molar-refractivity contribution in [2.75, 3.05) is 7.05 Å². The van der Waals surface area contributed by atoms with Gasteiger partial charge in [-0.2, -0.15) is 13.2 Å². The van der Waals surface area contributed by atoms with Crippen LogP contribution in [-0.4, -0.2) is 17.9 Å². The SMILES string of the molecule is CN(Cc1ccccc1C(F)(F)F)C(=O)C1(c2cccc(Cl)c2)CC1. The van der Waals surface area contributed by atoms with Gasteiger partial charge in [-0.05, 0) is 42.2 Å². The molecule has 0 aromatic heterocycles. The summed E-state index contributed by atoms with van der Waals surface area (Å²) in [6.07, 6.45) is -3.08. The second kappa shape index (κ2) is 6.37. The lowest BCUT2D eigenvalue weighted by molar-refractivity contribution is -0.140. The van der Waals surface area contributed by atoms with E-state index in [0.29, 0.717) is 17.9 Å². The lowest BCUT2D eigenvalue weighted by atomic mass is 9.94. The zero-order valence-corrected chi connectivity index (χ0v) is 14.4. The fourth-order valence-corrected chi connectivity index (χ4v) is 3.35. The van der Waals surface area contributed by atoms with E-state index in [1.165, 1.54) is 17.0 Å². The molecule has 0 bridgehead atoms. The van der Waals surface area contributed by atoms with Gasteiger partial charge in [0.05, 0.1) is 11.0 Å². The topological polar surface area (TPSA) is 20.3 Å². The van der Waals surface area contributed by atoms with Crippen LogP contribution in [0.25, 0.3) is 0 Å². The molecule has 1 aliphatic carbocycles. The monoisotopic (exact) mass is 367 g/mol. The molecule has 0 saturated heterocycles. The van der Waals surface area contributed by atoms with Gasteiger partial charge in [0.2, 0.25) is 5.91 Å². The molecule has 0 N–H and O–H groups in total. The fourth-order valence-electron chi connectivity index (χ4n) is 3.16. The van der Waals surface area contributed by atoms with Crippen molar-refractivity contribution >= 4 is 17.5 Å². The van der Waals surface area contributed by atoms with Crippen LogP contribution in [0.4, 0.5) is 13.2 Å². The Bertz CT molecular complexity index is 799. The maximum atomic E-state index is 13.1. The molecule has 1 amide bonds. The van der Waals surface area contributed by atoms with E-state index >= 15 is 0 Å². The number of benzene rings is 2. The summed E-state index contributed by atoms with van der Waals surface area (Å²) in [5, 5.41) is 0.543. The Morgan fingerprint density at radius 3 is 2.44 bits per heavy atom. The average Bonchev–Trinajstić information content (AvgIpc) is 3.35. The number of nitrogens with zero attached hydrogens (tertiary/aromatic N) is 1. The first-order chi connectivity index (χ1) is 11.7. The maximum absolute atomic E-state index is 13.1. The van der Waals surface area contributed by atoms with Crippen molar-refractivity contribution in [2.45, 2.75) is 31.0 Å². The van der Waals surface area contributed by atoms with E-state index in [1.807, 2.05) is 6.07 Å². The molecule has 0 atom stereocenters. The van der Waals surface area contributed by atoms with Crippen LogP contribution in [0.2, 0.25) is 5.02 Å². The van der Waals surface area contributed by atoms with Crippen molar-refractivity contribution in [3.8, 4) is 0 Å². The summed E-state index contributed by atoms with van der Waals surface area (Å²) < 4.78 is 39.4. The summed E-state index contributed by atoms with van der Waals surface area (Å²) in [6, 6.07) is 12.5. The highest BCUT2D eigenvalue weighted by Crippen LogP contribution is 2.50. The van der Waals surface area contributed by atoms with Crippen LogP contribution >= 0.6 is 11.6 Å². The summed E-state index contributed by atoms with van der Waals surface area (Å²) in [7, 11) is 1.54. The number of hydrogen-bond donors (Lipinski definition) is 0. The van der Waals surface area contributed by atoms with E-state index < -0.39 is 17.2 Å². The molecular weight excluding hydrogens is 351 g/mol. The quantitative estimate of drug-likeness (QED) is 0.740. The molecule has 6 heteroatoms. The molecule has 2 aromatic carbocycles. The number of likely N-dealkylation sites (N-methyl/N-ethyl adjacent to an activating group) is 1. The highest BCUT2D eigenvalue weighted by molar-refractivity contribution is 6.30. The van der Waals surface area contributed by atoms with Crippen LogP contribution in [0.5, 0.6) is 0 Å². The number of alkyl halides is 3. The van der Waals surface area contributed by atoms with Gasteiger partial charge in [-0.1, -0.05) is 41.9 Å². The molecule has 132 valence electrons. The maximum Gasteiger partial charge on any atom is 0.416 e. The minimum absolute atomic E-state index is 0.0865. The predicted octanol–water partition coefficient (Wildman–Crippen LogP) is 5.05. The molecular formula is C19H17ClF3NO. The number of rotatable bonds is 4. The molecule has 0 spiro atoms. The highest BCUT2D eigenvalue weighted by atomic mass is 35.5. The van der Waals surface area contributed by atoms with E-state index in [0.717, 1.165) is 11.6 Å². The minimum Gasteiger partial charge on any atom is -0.341 e. The predicted molar refractivity (Wildman–Crippen MR) is 90.3 cm³/mol. The van der Waals surface area contributed by atoms with Gasteiger partial charge in [0, 0.05) is 18.6 Å². The van der Waals surface area contributed by atoms with Crippen LogP contribution in [0.1, 0.15) is 29.5 Å². The molecule has 25 heavy (non-hydrogen) atoms. The van der Waals surface area contributed by atoms with Crippen molar-refractivity contribution in [3.63, 3.8) is 0 Å². The van der Waals surface area contributed by atoms with E-state index in [1.54, 1.807) is 31.3 Å². The van der Waals surface area contributed by atoms with Crippen LogP contribution < -0.4 is 0 Å². The van der Waals surface area contributed by atoms with Crippen LogP contribution in [0.15, 0.2) is 48.5 Å². The first-order valence-corrected chi connectivity index (χ1v) is 8.28. The standard InChI is InChI=1S/C19H17ClF3NO/c1-24(12-13-5-2-3-8-16(13)19(21,22)23)17(25)18(9-10-18)14-6-4-7-15(20)11-14/h2-8,11H,9-10,12H2,1H3. The van der Waals surface area contributed by atoms with Gasteiger partial charge in [0.25, 0.3) is 0 Å². The van der Waals surface area contributed by atoms with Crippen molar-refractivity contribution in [1.82, 2.24) is 4.90 Å². The second-order valence-corrected chi connectivity index (χ2v) is 6.85. The van der Waals surface area contributed by atoms with Gasteiger partial charge >= 0.3 is 6.18 Å². The molecule has 2 nitrogen and oxygen atoms in total. The minimum atomic E-state index is -4.44. The first-order valence-electron chi connectivity index (χ1n) is 7.91. The number of amides is 1. The molecule has 0 heterocycles. The molecule has 1 fully saturated rings. The normalized spacial score (nSPS) is 15.7. The van der Waals surface area contributed by atoms with Gasteiger partial charge in [0.15, 0.2) is 0 Å². The highest BCUT2D eigenvalue weighted by Gasteiger charge is 2.52. The van der Waals surface area contributed by atoms with E-state index in [2.05, 4.69) is 0 Å². The fraction of sp³-hybridized carbons (Fsp3) is 0.316. The van der Waals surface area contributed by atoms with Gasteiger partial charge in [-0.15, -0.1) is 0 Å². The summed E-state index contributed by atoms with van der Waals surface area (Å²) in [5.74, 6) is -0.174. The van der Waals surface area contributed by atoms with E-state index in [9.17, 15) is 18.0 Å². The van der Waals surface area contributed by atoms with Gasteiger partial charge < -0.3 is 4.90 Å². The smallest absolute Gasteiger partial charge is 0.341 e. The largest absolute Gasteiger partial charge is 0.416 e. The third-order valence-corrected chi connectivity index (χ3v) is 4.85. The lowest BCUT2D eigenvalue weighted by Gasteiger charge is -2.25. The first kappa shape index (κ1) is 17.8. The van der Waals surface area contributed by atoms with E-state index in [-0.39, 0.29) is 18.0 Å². The van der Waals surface area contributed by atoms with Crippen LogP contribution in [0.3, 0.4) is 0 Å². The van der Waals surface area contributed by atoms with Gasteiger partial charge in [-0.25, -0.2) is 0 Å². The third kappa shape index (κ3) is 3.52. The Hall–Kier alpha value is -2.01. The summed E-state index contributed by atoms with van der Waals surface area (Å²) >= 11 is 6.01. The van der Waals surface area contributed by atoms with Gasteiger partial charge in [-0.3, -0.25) is 4.79 Å². The number of hydrogen-bond acceptors (Lipinski definition) is 1. The number of carbonyl (C=O) groups excluding carboxylic acids is 1. The van der Waals surface area contributed by atoms with E-state index in [4.69, 9.17) is 11.6 Å². The third-order valence-electron chi connectivity index (χ3n) is 4.61. The summed E-state index contributed by atoms with van der Waals surface area (Å²) in [6.45, 7) is -0.0865. The lowest BCUT2D eigenvalue weighted by Crippen LogP contribution is -2.36. The molecule has 2 aromatic rings. The van der Waals surface area contributed by atoms with Crippen LogP contribution in [0, 0.1) is 0 Å². The molecule has 0 aliphatic heterocycles. The number of carbonyl (C=O) groups is 1. The molecule has 3 rings (SSSR count). The Labute approximate surface area is 149 Å². The van der Waals surface area contributed by atoms with Crippen molar-refractivity contribution < 1.29 is 18.0 Å². The average molecular weight is 368 g/mol. The van der Waals surface area contributed by atoms with Crippen molar-refractivity contribution in [2.24, 2.45) is 0 Å². The molecule has 1 saturated carbocycles. The number of halogens is 4. The Kier molecular flexibility index (Phi) is 4.54. The van der Waals surface area contributed by atoms with Gasteiger partial charge in [0.1, 0.15) is 0 Å². The Balaban J connectivity index is 1.83. The summed E-state index contributed by atoms with van der Waals surface area (Å²) in [4.78, 5) is 14.3. The zero-order valence-electron chi connectivity index (χ0n) is 13.6. The van der Waals surface area contributed by atoms with Crippen molar-refractivity contribution in [3.05, 3.63) is 70.2 Å². The molecule has 0 radical (unpaired) electrons. The summed E-state index contributed by atoms with van der Waals surface area (Å²) in [5.41, 5.74) is -0.455. The zero-order chi connectivity index (χ0) is 18.2. The van der Waals surface area contributed by atoms with Crippen LogP contribution in [-0.2, 0) is 22.9 Å². The second-order valence-electron chi connectivity index (χ2n) is 6.41. The Morgan fingerprint density at radius 2 is 1.84 bits per heavy atom. The molecule has 0 unspecified atom stereocenters. The van der Waals surface area contributed by atoms with Crippen molar-refractivity contribution in [1.29, 1.82) is 0 Å². The Morgan fingerprint density at radius 1 is 1.16 bits per heavy atom. The molecule has 1 aliphatic rings.